The number of nitrogens with zero attached hydrogens (tertiary/aromatic N) is 2. The molecule has 3 atom stereocenters. The molecule has 4 aliphatic carbocycles. The Balaban J connectivity index is 1.48. The molecule has 0 saturated heterocycles. The minimum atomic E-state index is -0.0517. The molecule has 0 N–H and O–H groups in total. The highest BCUT2D eigenvalue weighted by atomic mass is 16.4. The first-order valence-electron chi connectivity index (χ1n) is 26.7. The van der Waals surface area contributed by atoms with Gasteiger partial charge >= 0.3 is 0 Å². The van der Waals surface area contributed by atoms with E-state index in [0.717, 1.165) is 38.0 Å². The van der Waals surface area contributed by atoms with Crippen molar-refractivity contribution in [3.63, 3.8) is 0 Å². The van der Waals surface area contributed by atoms with Crippen LogP contribution in [0.3, 0.4) is 0 Å². The van der Waals surface area contributed by atoms with E-state index in [1.54, 1.807) is 5.47 Å². The van der Waals surface area contributed by atoms with E-state index in [2.05, 4.69) is 195 Å². The van der Waals surface area contributed by atoms with Crippen molar-refractivity contribution in [1.29, 1.82) is 0 Å². The van der Waals surface area contributed by atoms with Gasteiger partial charge < -0.3 is 14.2 Å². The quantitative estimate of drug-likeness (QED) is 0.198. The van der Waals surface area contributed by atoms with Crippen LogP contribution in [0.1, 0.15) is 217 Å². The van der Waals surface area contributed by atoms with Crippen molar-refractivity contribution < 1.29 is 4.42 Å². The Morgan fingerprint density at radius 3 is 2.09 bits per heavy atom. The fraction of sp³-hybridized carbons (Fsp3) is 0.613. The molecule has 6 aliphatic rings. The molecule has 2 aliphatic heterocycles. The fourth-order valence-corrected chi connectivity index (χ4v) is 13.0. The molecule has 0 spiro atoms. The summed E-state index contributed by atoms with van der Waals surface area (Å²) in [7, 11) is 0. The van der Waals surface area contributed by atoms with Gasteiger partial charge in [-0.25, -0.2) is 0 Å². The SMILES string of the molecule is C/C=C/C1=C(/C=C/N2C3=C4B(c5cc(C(C)(C)CC)c(C(C)C)cc52)c2c(oc5c2C(C)(C)CCC5(C)C)N(C2C=CC(C(C)CCCC)=CC2)C4CC(C(C)C)=C3)C(C)(C)CCC1(C)C. The van der Waals surface area contributed by atoms with Crippen LogP contribution in [0.4, 0.5) is 11.6 Å². The van der Waals surface area contributed by atoms with E-state index >= 15 is 0 Å². The normalized spacial score (nSPS) is 24.6. The first kappa shape index (κ1) is 48.8. The van der Waals surface area contributed by atoms with E-state index in [1.165, 1.54) is 99.2 Å². The molecular weight excluding hydrogens is 800 g/mol. The highest BCUT2D eigenvalue weighted by Gasteiger charge is 2.56. The molecule has 0 radical (unpaired) electrons. The number of hydrogen-bond acceptors (Lipinski definition) is 3. The standard InChI is InChI=1S/C62H89BN2O/c1-19-22-24-41(8)42-25-27-44(28-26-42)65-52-36-43(39(4)5)35-51-54(52)63(55-53-56(66-57(55)65)62(17,18)33-32-61(53,15)16)49-38-48(58(9,10)21-3)45(40(6)7)37-50(49)64(51)34-29-47-46(23-20-2)59(11,12)30-31-60(47,13)14/h20,23,25-27,29,34-35,37-41,44,52H,19,21-22,24,28,30-33,36H2,1-18H3/b23-20+,34-29+. The van der Waals surface area contributed by atoms with E-state index in [-0.39, 0.29) is 45.9 Å². The Morgan fingerprint density at radius 1 is 0.848 bits per heavy atom. The average Bonchev–Trinajstić information content (AvgIpc) is 3.69. The number of furan rings is 1. The molecule has 4 heteroatoms. The molecule has 66 heavy (non-hydrogen) atoms. The molecule has 0 bridgehead atoms. The molecule has 3 nitrogen and oxygen atoms in total. The third-order valence-corrected chi connectivity index (χ3v) is 18.0. The number of allylic oxidation sites excluding steroid dienone is 8. The summed E-state index contributed by atoms with van der Waals surface area (Å²) < 4.78 is 7.72. The van der Waals surface area contributed by atoms with Crippen LogP contribution < -0.4 is 20.7 Å². The molecular formula is C62H89BN2O. The van der Waals surface area contributed by atoms with Crippen molar-refractivity contribution in [2.24, 2.45) is 22.7 Å². The van der Waals surface area contributed by atoms with E-state index in [0.29, 0.717) is 17.8 Å². The zero-order valence-corrected chi connectivity index (χ0v) is 45.1. The third kappa shape index (κ3) is 8.16. The Kier molecular flexibility index (Phi) is 12.9. The van der Waals surface area contributed by atoms with Gasteiger partial charge in [0, 0.05) is 23.0 Å². The van der Waals surface area contributed by atoms with Crippen molar-refractivity contribution in [1.82, 2.24) is 0 Å². The summed E-state index contributed by atoms with van der Waals surface area (Å²) in [5, 5.41) is 0. The van der Waals surface area contributed by atoms with Crippen LogP contribution >= 0.6 is 0 Å². The second kappa shape index (κ2) is 17.4. The molecule has 3 unspecified atom stereocenters. The molecule has 8 rings (SSSR count). The van der Waals surface area contributed by atoms with Gasteiger partial charge in [-0.3, -0.25) is 0 Å². The van der Waals surface area contributed by atoms with Crippen LogP contribution in [0.2, 0.25) is 0 Å². The molecule has 2 aromatic rings. The van der Waals surface area contributed by atoms with Crippen molar-refractivity contribution in [3.8, 4) is 0 Å². The minimum absolute atomic E-state index is 0.0193. The van der Waals surface area contributed by atoms with Crippen LogP contribution in [0.5, 0.6) is 0 Å². The van der Waals surface area contributed by atoms with Gasteiger partial charge in [0.2, 0.25) is 0 Å². The van der Waals surface area contributed by atoms with Crippen molar-refractivity contribution in [3.05, 3.63) is 117 Å². The first-order valence-corrected chi connectivity index (χ1v) is 26.7. The van der Waals surface area contributed by atoms with Crippen molar-refractivity contribution >= 4 is 29.2 Å². The smallest absolute Gasteiger partial charge is 0.252 e. The number of anilines is 2. The maximum absolute atomic E-state index is 7.72. The maximum Gasteiger partial charge on any atom is 0.252 e. The van der Waals surface area contributed by atoms with Gasteiger partial charge in [-0.2, -0.15) is 0 Å². The number of benzene rings is 1. The lowest BCUT2D eigenvalue weighted by Crippen LogP contribution is -2.64. The first-order chi connectivity index (χ1) is 30.9. The predicted molar refractivity (Wildman–Crippen MR) is 288 cm³/mol. The molecule has 0 fully saturated rings. The van der Waals surface area contributed by atoms with Crippen LogP contribution in [0.15, 0.2) is 98.7 Å². The lowest BCUT2D eigenvalue weighted by molar-refractivity contribution is 0.273. The molecule has 1 aromatic carbocycles. The van der Waals surface area contributed by atoms with Gasteiger partial charge in [-0.05, 0) is 166 Å². The zero-order valence-electron chi connectivity index (χ0n) is 45.1. The lowest BCUT2D eigenvalue weighted by atomic mass is 9.30. The van der Waals surface area contributed by atoms with E-state index in [4.69, 9.17) is 4.42 Å². The predicted octanol–water partition coefficient (Wildman–Crippen LogP) is 16.2. The number of unbranched alkanes of at least 4 members (excludes halogenated alkanes) is 1. The summed E-state index contributed by atoms with van der Waals surface area (Å²) in [6.45, 7) is 43.9. The monoisotopic (exact) mass is 889 g/mol. The lowest BCUT2D eigenvalue weighted by Gasteiger charge is -2.51. The van der Waals surface area contributed by atoms with E-state index in [1.807, 2.05) is 0 Å². The van der Waals surface area contributed by atoms with Crippen LogP contribution in [-0.2, 0) is 16.2 Å². The second-order valence-corrected chi connectivity index (χ2v) is 25.6. The van der Waals surface area contributed by atoms with Crippen LogP contribution in [0.25, 0.3) is 0 Å². The summed E-state index contributed by atoms with van der Waals surface area (Å²) in [6.07, 6.45) is 31.6. The van der Waals surface area contributed by atoms with Gasteiger partial charge in [-0.15, -0.1) is 0 Å². The molecule has 0 amide bonds. The molecule has 0 saturated carbocycles. The maximum atomic E-state index is 7.72. The average molecular weight is 889 g/mol. The Hall–Kier alpha value is -3.66. The zero-order chi connectivity index (χ0) is 48.1. The van der Waals surface area contributed by atoms with E-state index < -0.39 is 0 Å². The molecule has 3 heterocycles. The Labute approximate surface area is 404 Å². The largest absolute Gasteiger partial charge is 0.445 e. The third-order valence-electron chi connectivity index (χ3n) is 18.0. The Bertz CT molecular complexity index is 2440. The van der Waals surface area contributed by atoms with Gasteiger partial charge in [0.1, 0.15) is 5.76 Å². The summed E-state index contributed by atoms with van der Waals surface area (Å²) in [5.74, 6) is 3.78. The summed E-state index contributed by atoms with van der Waals surface area (Å²) in [5.41, 5.74) is 17.9. The highest BCUT2D eigenvalue weighted by Crippen LogP contribution is 2.54. The number of rotatable bonds is 12. The summed E-state index contributed by atoms with van der Waals surface area (Å²) in [6, 6.07) is 5.74. The van der Waals surface area contributed by atoms with Gasteiger partial charge in [0.25, 0.3) is 6.71 Å². The van der Waals surface area contributed by atoms with Gasteiger partial charge in [0.15, 0.2) is 5.88 Å². The summed E-state index contributed by atoms with van der Waals surface area (Å²) >= 11 is 0. The summed E-state index contributed by atoms with van der Waals surface area (Å²) in [4.78, 5) is 5.52. The second-order valence-electron chi connectivity index (χ2n) is 25.6. The molecule has 356 valence electrons. The molecule has 1 aromatic heterocycles. The van der Waals surface area contributed by atoms with Gasteiger partial charge in [-0.1, -0.05) is 173 Å². The van der Waals surface area contributed by atoms with E-state index in [9.17, 15) is 0 Å². The van der Waals surface area contributed by atoms with Crippen LogP contribution in [-0.4, -0.2) is 18.8 Å². The van der Waals surface area contributed by atoms with Crippen molar-refractivity contribution in [2.75, 3.05) is 9.80 Å². The van der Waals surface area contributed by atoms with Crippen molar-refractivity contribution in [2.45, 2.75) is 223 Å². The topological polar surface area (TPSA) is 19.6 Å². The number of fused-ring (bicyclic) bond motifs is 6. The Morgan fingerprint density at radius 2 is 1.50 bits per heavy atom. The minimum Gasteiger partial charge on any atom is -0.445 e. The number of hydrogen-bond donors (Lipinski definition) is 0. The van der Waals surface area contributed by atoms with Gasteiger partial charge in [0.05, 0.1) is 12.1 Å². The van der Waals surface area contributed by atoms with Crippen LogP contribution in [0, 0.1) is 22.7 Å². The highest BCUT2D eigenvalue weighted by molar-refractivity contribution is 6.94. The fourth-order valence-electron chi connectivity index (χ4n) is 13.0.